The molecule has 0 aromatic heterocycles. The molecule has 0 unspecified atom stereocenters. The van der Waals surface area contributed by atoms with Crippen molar-refractivity contribution in [2.24, 2.45) is 23.7 Å². The standard InChI is InChI=1S/C58H44/c1-3-13-38(14-4-1)42-32-43(39-15-5-2-6-16-39)34-44(33-42)56-51-21-11-9-19-49(51)55(50-20-10-12-22-52(50)56)41-24-25-48-53-26-23-40-17-7-8-18-47(40)57(53)58(54(48)35-41)45-28-36-27-37(30-45)31-46(58)29-36/h1-26,32-37,45-46H,27-31H2. The van der Waals surface area contributed by atoms with E-state index >= 15 is 0 Å². The van der Waals surface area contributed by atoms with Crippen molar-refractivity contribution in [1.82, 2.24) is 0 Å². The topological polar surface area (TPSA) is 0 Å². The lowest BCUT2D eigenvalue weighted by Gasteiger charge is -2.61. The molecule has 9 aromatic carbocycles. The zero-order valence-corrected chi connectivity index (χ0v) is 32.7. The summed E-state index contributed by atoms with van der Waals surface area (Å²) >= 11 is 0. The summed E-state index contributed by atoms with van der Waals surface area (Å²) in [5, 5.41) is 8.13. The lowest BCUT2D eigenvalue weighted by Crippen LogP contribution is -2.55. The van der Waals surface area contributed by atoms with Crippen LogP contribution in [0.3, 0.4) is 0 Å². The smallest absolute Gasteiger partial charge is 0.0278 e. The Morgan fingerprint density at radius 2 is 0.793 bits per heavy atom. The highest BCUT2D eigenvalue weighted by molar-refractivity contribution is 6.22. The van der Waals surface area contributed by atoms with Gasteiger partial charge in [0.25, 0.3) is 0 Å². The average molecular weight is 741 g/mol. The van der Waals surface area contributed by atoms with Crippen LogP contribution in [0.15, 0.2) is 182 Å². The molecule has 4 fully saturated rings. The molecule has 0 atom stereocenters. The van der Waals surface area contributed by atoms with Crippen LogP contribution in [0, 0.1) is 23.7 Å². The summed E-state index contributed by atoms with van der Waals surface area (Å²) < 4.78 is 0. The molecule has 0 aliphatic heterocycles. The Bertz CT molecular complexity index is 2970. The van der Waals surface area contributed by atoms with Crippen molar-refractivity contribution in [3.8, 4) is 55.6 Å². The highest BCUT2D eigenvalue weighted by Gasteiger charge is 2.62. The van der Waals surface area contributed by atoms with Crippen LogP contribution >= 0.6 is 0 Å². The quantitative estimate of drug-likeness (QED) is 0.158. The first-order valence-electron chi connectivity index (χ1n) is 21.6. The fraction of sp³-hybridized carbons (Fsp3) is 0.172. The first-order valence-corrected chi connectivity index (χ1v) is 21.6. The highest BCUT2D eigenvalue weighted by atomic mass is 14.6. The molecule has 5 aliphatic rings. The number of benzene rings is 9. The summed E-state index contributed by atoms with van der Waals surface area (Å²) in [6.45, 7) is 0. The van der Waals surface area contributed by atoms with Gasteiger partial charge in [0.2, 0.25) is 0 Å². The van der Waals surface area contributed by atoms with Crippen LogP contribution in [0.4, 0.5) is 0 Å². The average Bonchev–Trinajstić information content (AvgIpc) is 3.58. The summed E-state index contributed by atoms with van der Waals surface area (Å²) in [4.78, 5) is 0. The highest BCUT2D eigenvalue weighted by Crippen LogP contribution is 2.70. The van der Waals surface area contributed by atoms with E-state index in [1.807, 2.05) is 0 Å². The lowest BCUT2D eigenvalue weighted by atomic mass is 9.43. The summed E-state index contributed by atoms with van der Waals surface area (Å²) in [6, 6.07) is 69.2. The summed E-state index contributed by atoms with van der Waals surface area (Å²) in [6.07, 6.45) is 6.99. The van der Waals surface area contributed by atoms with Crippen LogP contribution < -0.4 is 0 Å². The van der Waals surface area contributed by atoms with Gasteiger partial charge in [0.05, 0.1) is 0 Å². The maximum atomic E-state index is 2.70. The van der Waals surface area contributed by atoms with E-state index in [-0.39, 0.29) is 5.41 Å². The van der Waals surface area contributed by atoms with E-state index in [4.69, 9.17) is 0 Å². The van der Waals surface area contributed by atoms with Crippen molar-refractivity contribution in [2.75, 3.05) is 0 Å². The van der Waals surface area contributed by atoms with E-state index in [0.29, 0.717) is 11.8 Å². The Morgan fingerprint density at radius 1 is 0.328 bits per heavy atom. The number of rotatable bonds is 4. The van der Waals surface area contributed by atoms with Gasteiger partial charge in [-0.05, 0) is 179 Å². The predicted molar refractivity (Wildman–Crippen MR) is 244 cm³/mol. The van der Waals surface area contributed by atoms with Gasteiger partial charge in [-0.2, -0.15) is 0 Å². The van der Waals surface area contributed by atoms with Crippen LogP contribution in [-0.2, 0) is 5.41 Å². The Balaban J connectivity index is 1.07. The van der Waals surface area contributed by atoms with Gasteiger partial charge < -0.3 is 0 Å². The fourth-order valence-corrected chi connectivity index (χ4v) is 13.2. The molecule has 0 heteroatoms. The normalized spacial score (nSPS) is 22.6. The number of fused-ring (bicyclic) bond motifs is 7. The zero-order chi connectivity index (χ0) is 38.0. The molecule has 1 spiro atoms. The number of hydrogen-bond donors (Lipinski definition) is 0. The summed E-state index contributed by atoms with van der Waals surface area (Å²) in [5.74, 6) is 3.22. The molecule has 276 valence electrons. The van der Waals surface area contributed by atoms with Gasteiger partial charge in [-0.25, -0.2) is 0 Å². The molecule has 5 aliphatic carbocycles. The molecule has 4 bridgehead atoms. The summed E-state index contributed by atoms with van der Waals surface area (Å²) in [5.41, 5.74) is 16.5. The Hall–Kier alpha value is -6.24. The molecule has 14 rings (SSSR count). The van der Waals surface area contributed by atoms with Crippen LogP contribution in [-0.4, -0.2) is 0 Å². The molecule has 0 radical (unpaired) electrons. The van der Waals surface area contributed by atoms with Crippen LogP contribution in [0.1, 0.15) is 43.2 Å². The zero-order valence-electron chi connectivity index (χ0n) is 32.7. The van der Waals surface area contributed by atoms with Gasteiger partial charge in [0.15, 0.2) is 0 Å². The van der Waals surface area contributed by atoms with Crippen molar-refractivity contribution in [2.45, 2.75) is 37.5 Å². The minimum Gasteiger partial charge on any atom is -0.0622 e. The van der Waals surface area contributed by atoms with Crippen LogP contribution in [0.25, 0.3) is 88.0 Å². The van der Waals surface area contributed by atoms with E-state index < -0.39 is 0 Å². The molecular formula is C58H44. The van der Waals surface area contributed by atoms with Gasteiger partial charge in [0, 0.05) is 5.41 Å². The minimum atomic E-state index is 0.0756. The molecular weight excluding hydrogens is 697 g/mol. The second kappa shape index (κ2) is 12.4. The van der Waals surface area contributed by atoms with E-state index in [0.717, 1.165) is 11.8 Å². The van der Waals surface area contributed by atoms with Crippen molar-refractivity contribution in [3.05, 3.63) is 193 Å². The van der Waals surface area contributed by atoms with Crippen molar-refractivity contribution in [1.29, 1.82) is 0 Å². The van der Waals surface area contributed by atoms with E-state index in [1.165, 1.54) is 120 Å². The Morgan fingerprint density at radius 3 is 1.36 bits per heavy atom. The molecule has 9 aromatic rings. The van der Waals surface area contributed by atoms with E-state index in [1.54, 1.807) is 11.1 Å². The van der Waals surface area contributed by atoms with Gasteiger partial charge >= 0.3 is 0 Å². The third kappa shape index (κ3) is 4.58. The van der Waals surface area contributed by atoms with Crippen LogP contribution in [0.2, 0.25) is 0 Å². The Labute approximate surface area is 340 Å². The van der Waals surface area contributed by atoms with Crippen LogP contribution in [0.5, 0.6) is 0 Å². The molecule has 0 amide bonds. The van der Waals surface area contributed by atoms with Crippen molar-refractivity contribution in [3.63, 3.8) is 0 Å². The molecule has 4 saturated carbocycles. The van der Waals surface area contributed by atoms with E-state index in [9.17, 15) is 0 Å². The second-order valence-corrected chi connectivity index (χ2v) is 18.0. The summed E-state index contributed by atoms with van der Waals surface area (Å²) in [7, 11) is 0. The van der Waals surface area contributed by atoms with Crippen molar-refractivity contribution >= 4 is 32.3 Å². The first kappa shape index (κ1) is 32.8. The maximum absolute atomic E-state index is 2.70. The first-order chi connectivity index (χ1) is 28.7. The number of hydrogen-bond acceptors (Lipinski definition) is 0. The molecule has 0 nitrogen and oxygen atoms in total. The second-order valence-electron chi connectivity index (χ2n) is 18.0. The van der Waals surface area contributed by atoms with E-state index in [2.05, 4.69) is 182 Å². The molecule has 0 saturated heterocycles. The minimum absolute atomic E-state index is 0.0756. The molecule has 0 heterocycles. The third-order valence-electron chi connectivity index (χ3n) is 15.2. The lowest BCUT2D eigenvalue weighted by molar-refractivity contribution is -0.0393. The van der Waals surface area contributed by atoms with Gasteiger partial charge in [-0.15, -0.1) is 0 Å². The fourth-order valence-electron chi connectivity index (χ4n) is 13.2. The van der Waals surface area contributed by atoms with Gasteiger partial charge in [-0.1, -0.05) is 158 Å². The largest absolute Gasteiger partial charge is 0.0622 e. The predicted octanol–water partition coefficient (Wildman–Crippen LogP) is 15.5. The van der Waals surface area contributed by atoms with Gasteiger partial charge in [-0.3, -0.25) is 0 Å². The van der Waals surface area contributed by atoms with Gasteiger partial charge in [0.1, 0.15) is 0 Å². The SMILES string of the molecule is c1ccc(-c2cc(-c3ccccc3)cc(-c3c4ccccc4c(-c4ccc5c(c4)C4(c6c-5ccc5ccccc65)C5CC6CC(C5)CC4C6)c4ccccc34)c2)cc1. The maximum Gasteiger partial charge on any atom is 0.0278 e. The third-order valence-corrected chi connectivity index (χ3v) is 15.2. The molecule has 0 N–H and O–H groups in total. The van der Waals surface area contributed by atoms with Crippen molar-refractivity contribution < 1.29 is 0 Å². The molecule has 58 heavy (non-hydrogen) atoms. The Kier molecular flexibility index (Phi) is 7.00. The monoisotopic (exact) mass is 740 g/mol.